The minimum Gasteiger partial charge on any atom is -0.246 e. The molecule has 0 unspecified atom stereocenters. The summed E-state index contributed by atoms with van der Waals surface area (Å²) in [7, 11) is 0. The van der Waals surface area contributed by atoms with Crippen molar-refractivity contribution in [1.29, 1.82) is 0 Å². The molecule has 0 fully saturated rings. The SMILES string of the molecule is Clc1ccc(Cl)c(-c2ccc[c]n2)c1. The summed E-state index contributed by atoms with van der Waals surface area (Å²) in [6.45, 7) is 0. The summed E-state index contributed by atoms with van der Waals surface area (Å²) in [5.74, 6) is 0. The molecule has 2 rings (SSSR count). The number of benzene rings is 1. The van der Waals surface area contributed by atoms with Crippen LogP contribution in [0.5, 0.6) is 0 Å². The highest BCUT2D eigenvalue weighted by molar-refractivity contribution is 6.35. The zero-order chi connectivity index (χ0) is 9.97. The van der Waals surface area contributed by atoms with Gasteiger partial charge in [-0.2, -0.15) is 0 Å². The number of aromatic nitrogens is 1. The van der Waals surface area contributed by atoms with E-state index >= 15 is 0 Å². The Morgan fingerprint density at radius 2 is 2.00 bits per heavy atom. The summed E-state index contributed by atoms with van der Waals surface area (Å²) in [5.41, 5.74) is 1.61. The van der Waals surface area contributed by atoms with Crippen molar-refractivity contribution < 1.29 is 0 Å². The number of hydrogen-bond acceptors (Lipinski definition) is 1. The Hall–Kier alpha value is -1.05. The van der Waals surface area contributed by atoms with E-state index in [1.807, 2.05) is 12.1 Å². The first-order valence-corrected chi connectivity index (χ1v) is 4.81. The summed E-state index contributed by atoms with van der Waals surface area (Å²) in [4.78, 5) is 4.08. The van der Waals surface area contributed by atoms with Gasteiger partial charge in [-0.05, 0) is 30.3 Å². The number of rotatable bonds is 1. The van der Waals surface area contributed by atoms with Gasteiger partial charge in [0.15, 0.2) is 0 Å². The average molecular weight is 223 g/mol. The van der Waals surface area contributed by atoms with Crippen molar-refractivity contribution in [3.05, 3.63) is 52.6 Å². The van der Waals surface area contributed by atoms with E-state index in [1.165, 1.54) is 0 Å². The minimum absolute atomic E-state index is 0.640. The van der Waals surface area contributed by atoms with E-state index in [9.17, 15) is 0 Å². The molecule has 0 saturated heterocycles. The van der Waals surface area contributed by atoms with Crippen LogP contribution >= 0.6 is 23.2 Å². The zero-order valence-electron chi connectivity index (χ0n) is 7.17. The molecular formula is C11H6Cl2N. The molecule has 0 spiro atoms. The largest absolute Gasteiger partial charge is 0.246 e. The van der Waals surface area contributed by atoms with Crippen molar-refractivity contribution in [1.82, 2.24) is 4.98 Å². The van der Waals surface area contributed by atoms with Gasteiger partial charge in [-0.15, -0.1) is 0 Å². The molecule has 1 aromatic carbocycles. The molecule has 0 N–H and O–H groups in total. The third-order valence-corrected chi connectivity index (χ3v) is 2.38. The lowest BCUT2D eigenvalue weighted by Crippen LogP contribution is -1.83. The summed E-state index contributed by atoms with van der Waals surface area (Å²) < 4.78 is 0. The fourth-order valence-electron chi connectivity index (χ4n) is 1.17. The van der Waals surface area contributed by atoms with Crippen LogP contribution in [0.2, 0.25) is 10.0 Å². The van der Waals surface area contributed by atoms with Crippen molar-refractivity contribution in [3.8, 4) is 11.3 Å². The first kappa shape index (κ1) is 9.50. The summed E-state index contributed by atoms with van der Waals surface area (Å²) in [5, 5.41) is 1.29. The monoisotopic (exact) mass is 222 g/mol. The Labute approximate surface area is 92.3 Å². The standard InChI is InChI=1S/C11H6Cl2N/c12-8-4-5-10(13)9(7-8)11-3-1-2-6-14-11/h1-5,7H. The normalized spacial score (nSPS) is 10.1. The van der Waals surface area contributed by atoms with Gasteiger partial charge in [0.25, 0.3) is 0 Å². The maximum absolute atomic E-state index is 6.02. The van der Waals surface area contributed by atoms with Gasteiger partial charge in [-0.3, -0.25) is 0 Å². The Kier molecular flexibility index (Phi) is 2.71. The molecule has 0 aliphatic rings. The van der Waals surface area contributed by atoms with E-state index in [-0.39, 0.29) is 0 Å². The van der Waals surface area contributed by atoms with Gasteiger partial charge < -0.3 is 0 Å². The highest BCUT2D eigenvalue weighted by Crippen LogP contribution is 2.28. The molecule has 0 atom stereocenters. The first-order chi connectivity index (χ1) is 6.77. The van der Waals surface area contributed by atoms with Crippen LogP contribution in [0.15, 0.2) is 36.4 Å². The molecule has 0 amide bonds. The van der Waals surface area contributed by atoms with Gasteiger partial charge >= 0.3 is 0 Å². The Bertz CT molecular complexity index is 440. The number of nitrogens with zero attached hydrogens (tertiary/aromatic N) is 1. The summed E-state index contributed by atoms with van der Waals surface area (Å²) in [6, 6.07) is 10.8. The van der Waals surface area contributed by atoms with Crippen molar-refractivity contribution >= 4 is 23.2 Å². The molecule has 3 heteroatoms. The fourth-order valence-corrected chi connectivity index (χ4v) is 1.56. The molecule has 0 aliphatic carbocycles. The van der Waals surface area contributed by atoms with Crippen LogP contribution in [0.25, 0.3) is 11.3 Å². The maximum Gasteiger partial charge on any atom is 0.0893 e. The second-order valence-electron chi connectivity index (χ2n) is 2.78. The molecule has 0 aliphatic heterocycles. The molecule has 69 valence electrons. The molecule has 0 saturated carbocycles. The smallest absolute Gasteiger partial charge is 0.0893 e. The second-order valence-corrected chi connectivity index (χ2v) is 3.62. The van der Waals surface area contributed by atoms with Crippen LogP contribution in [0, 0.1) is 6.20 Å². The highest BCUT2D eigenvalue weighted by Gasteiger charge is 2.04. The lowest BCUT2D eigenvalue weighted by molar-refractivity contribution is 1.31. The van der Waals surface area contributed by atoms with Gasteiger partial charge in [0.05, 0.1) is 16.9 Å². The Morgan fingerprint density at radius 1 is 1.14 bits per heavy atom. The van der Waals surface area contributed by atoms with Crippen molar-refractivity contribution in [2.45, 2.75) is 0 Å². The molecule has 1 nitrogen and oxygen atoms in total. The van der Waals surface area contributed by atoms with Gasteiger partial charge in [0.2, 0.25) is 0 Å². The molecule has 1 aromatic heterocycles. The van der Waals surface area contributed by atoms with Crippen molar-refractivity contribution in [2.75, 3.05) is 0 Å². The van der Waals surface area contributed by atoms with E-state index in [2.05, 4.69) is 11.2 Å². The lowest BCUT2D eigenvalue weighted by Gasteiger charge is -2.02. The predicted molar refractivity (Wildman–Crippen MR) is 58.5 cm³/mol. The molecule has 1 heterocycles. The number of halogens is 2. The topological polar surface area (TPSA) is 12.9 Å². The molecule has 14 heavy (non-hydrogen) atoms. The lowest BCUT2D eigenvalue weighted by atomic mass is 10.1. The van der Waals surface area contributed by atoms with Gasteiger partial charge in [0.1, 0.15) is 0 Å². The zero-order valence-corrected chi connectivity index (χ0v) is 8.68. The molecule has 2 aromatic rings. The second kappa shape index (κ2) is 3.99. The minimum atomic E-state index is 0.640. The highest BCUT2D eigenvalue weighted by atomic mass is 35.5. The number of pyridine rings is 1. The Balaban J connectivity index is 2.57. The van der Waals surface area contributed by atoms with E-state index in [0.717, 1.165) is 11.3 Å². The molecule has 1 radical (unpaired) electrons. The Morgan fingerprint density at radius 3 is 2.71 bits per heavy atom. The molecule has 0 bridgehead atoms. The quantitative estimate of drug-likeness (QED) is 0.715. The third kappa shape index (κ3) is 1.89. The van der Waals surface area contributed by atoms with Crippen molar-refractivity contribution in [3.63, 3.8) is 0 Å². The van der Waals surface area contributed by atoms with E-state index < -0.39 is 0 Å². The van der Waals surface area contributed by atoms with E-state index in [1.54, 1.807) is 24.3 Å². The van der Waals surface area contributed by atoms with Crippen LogP contribution in [0.4, 0.5) is 0 Å². The van der Waals surface area contributed by atoms with E-state index in [0.29, 0.717) is 10.0 Å². The maximum atomic E-state index is 6.02. The van der Waals surface area contributed by atoms with Crippen LogP contribution < -0.4 is 0 Å². The van der Waals surface area contributed by atoms with Crippen LogP contribution in [-0.4, -0.2) is 4.98 Å². The summed E-state index contributed by atoms with van der Waals surface area (Å²) >= 11 is 11.9. The fraction of sp³-hybridized carbons (Fsp3) is 0. The summed E-state index contributed by atoms with van der Waals surface area (Å²) in [6.07, 6.45) is 2.75. The van der Waals surface area contributed by atoms with Gasteiger partial charge in [-0.1, -0.05) is 29.3 Å². The van der Waals surface area contributed by atoms with Crippen molar-refractivity contribution in [2.24, 2.45) is 0 Å². The molecular weight excluding hydrogens is 217 g/mol. The first-order valence-electron chi connectivity index (χ1n) is 4.06. The van der Waals surface area contributed by atoms with E-state index in [4.69, 9.17) is 23.2 Å². The number of hydrogen-bond donors (Lipinski definition) is 0. The van der Waals surface area contributed by atoms with Gasteiger partial charge in [0, 0.05) is 10.6 Å². The predicted octanol–water partition coefficient (Wildman–Crippen LogP) is 3.86. The third-order valence-electron chi connectivity index (χ3n) is 1.81. The van der Waals surface area contributed by atoms with Gasteiger partial charge in [-0.25, -0.2) is 4.98 Å². The van der Waals surface area contributed by atoms with Crippen LogP contribution in [0.3, 0.4) is 0 Å². The van der Waals surface area contributed by atoms with Crippen LogP contribution in [0.1, 0.15) is 0 Å². The van der Waals surface area contributed by atoms with Crippen LogP contribution in [-0.2, 0) is 0 Å². The average Bonchev–Trinajstić information content (AvgIpc) is 2.23.